The van der Waals surface area contributed by atoms with Crippen molar-refractivity contribution in [3.63, 3.8) is 0 Å². The zero-order valence-electron chi connectivity index (χ0n) is 7.13. The minimum absolute atomic E-state index is 0.0365. The van der Waals surface area contributed by atoms with Crippen molar-refractivity contribution in [2.75, 3.05) is 6.54 Å². The average molecular weight is 308 g/mol. The first-order valence-electron chi connectivity index (χ1n) is 4.05. The molecular formula is C9H12Br2N2. The van der Waals surface area contributed by atoms with Crippen LogP contribution in [0.5, 0.6) is 0 Å². The smallest absolute Gasteiger partial charge is 0.0320 e. The summed E-state index contributed by atoms with van der Waals surface area (Å²) in [6.07, 6.45) is 0.814. The van der Waals surface area contributed by atoms with Crippen LogP contribution >= 0.6 is 31.9 Å². The van der Waals surface area contributed by atoms with E-state index in [9.17, 15) is 0 Å². The van der Waals surface area contributed by atoms with E-state index < -0.39 is 0 Å². The number of benzene rings is 1. The summed E-state index contributed by atoms with van der Waals surface area (Å²) in [5, 5.41) is 0. The first-order chi connectivity index (χ1) is 6.15. The van der Waals surface area contributed by atoms with Crippen LogP contribution in [0, 0.1) is 0 Å². The standard InChI is InChI=1S/C9H12Br2N2/c10-7-2-1-6(5-8(7)11)9(13)3-4-12/h1-2,5,9H,3-4,12-13H2/t9-/m0/s1. The third-order valence-corrected chi connectivity index (χ3v) is 3.73. The van der Waals surface area contributed by atoms with Gasteiger partial charge in [-0.2, -0.15) is 0 Å². The molecule has 0 saturated carbocycles. The summed E-state index contributed by atoms with van der Waals surface area (Å²) >= 11 is 6.84. The van der Waals surface area contributed by atoms with Crippen LogP contribution in [0.25, 0.3) is 0 Å². The molecule has 0 unspecified atom stereocenters. The Kier molecular flexibility index (Phi) is 4.38. The molecule has 1 aromatic rings. The van der Waals surface area contributed by atoms with Crippen molar-refractivity contribution in [3.8, 4) is 0 Å². The second-order valence-corrected chi connectivity index (χ2v) is 4.57. The van der Waals surface area contributed by atoms with Crippen LogP contribution in [0.2, 0.25) is 0 Å². The van der Waals surface area contributed by atoms with Crippen molar-refractivity contribution in [1.82, 2.24) is 0 Å². The largest absolute Gasteiger partial charge is 0.330 e. The molecule has 4 N–H and O–H groups in total. The van der Waals surface area contributed by atoms with Gasteiger partial charge in [0.1, 0.15) is 0 Å². The molecule has 0 aliphatic heterocycles. The molecule has 0 radical (unpaired) electrons. The molecule has 0 saturated heterocycles. The van der Waals surface area contributed by atoms with Crippen LogP contribution < -0.4 is 11.5 Å². The number of nitrogens with two attached hydrogens (primary N) is 2. The average Bonchev–Trinajstić information content (AvgIpc) is 2.10. The molecule has 0 bridgehead atoms. The number of rotatable bonds is 3. The quantitative estimate of drug-likeness (QED) is 0.901. The topological polar surface area (TPSA) is 52.0 Å². The predicted octanol–water partition coefficient (Wildman–Crippen LogP) is 2.56. The van der Waals surface area contributed by atoms with Crippen molar-refractivity contribution in [1.29, 1.82) is 0 Å². The van der Waals surface area contributed by atoms with Crippen LogP contribution in [0.15, 0.2) is 27.1 Å². The van der Waals surface area contributed by atoms with Crippen LogP contribution in [-0.4, -0.2) is 6.54 Å². The molecule has 72 valence electrons. The second kappa shape index (κ2) is 5.10. The van der Waals surface area contributed by atoms with E-state index >= 15 is 0 Å². The molecule has 0 heterocycles. The van der Waals surface area contributed by atoms with Crippen molar-refractivity contribution in [2.45, 2.75) is 12.5 Å². The van der Waals surface area contributed by atoms with E-state index in [2.05, 4.69) is 31.9 Å². The number of halogens is 2. The fraction of sp³-hybridized carbons (Fsp3) is 0.333. The molecule has 2 nitrogen and oxygen atoms in total. The van der Waals surface area contributed by atoms with Gasteiger partial charge in [-0.1, -0.05) is 6.07 Å². The lowest BCUT2D eigenvalue weighted by molar-refractivity contribution is 0.661. The van der Waals surface area contributed by atoms with Gasteiger partial charge in [-0.25, -0.2) is 0 Å². The molecule has 0 aliphatic carbocycles. The van der Waals surface area contributed by atoms with E-state index in [1.54, 1.807) is 0 Å². The van der Waals surface area contributed by atoms with Gasteiger partial charge in [-0.15, -0.1) is 0 Å². The summed E-state index contributed by atoms with van der Waals surface area (Å²) in [6.45, 7) is 0.620. The summed E-state index contributed by atoms with van der Waals surface area (Å²) in [5.41, 5.74) is 12.5. The van der Waals surface area contributed by atoms with Gasteiger partial charge in [-0.05, 0) is 62.5 Å². The SMILES string of the molecule is NCC[C@H](N)c1ccc(Br)c(Br)c1. The zero-order valence-corrected chi connectivity index (χ0v) is 10.3. The van der Waals surface area contributed by atoms with E-state index in [0.717, 1.165) is 20.9 Å². The minimum Gasteiger partial charge on any atom is -0.330 e. The van der Waals surface area contributed by atoms with Gasteiger partial charge in [0.25, 0.3) is 0 Å². The molecule has 0 spiro atoms. The normalized spacial score (nSPS) is 12.9. The molecule has 1 rings (SSSR count). The van der Waals surface area contributed by atoms with Gasteiger partial charge in [0.15, 0.2) is 0 Å². The van der Waals surface area contributed by atoms with Crippen molar-refractivity contribution >= 4 is 31.9 Å². The monoisotopic (exact) mass is 306 g/mol. The summed E-state index contributed by atoms with van der Waals surface area (Å²) in [6, 6.07) is 6.05. The molecule has 0 aliphatic rings. The summed E-state index contributed by atoms with van der Waals surface area (Å²) in [7, 11) is 0. The van der Waals surface area contributed by atoms with E-state index in [1.807, 2.05) is 18.2 Å². The third kappa shape index (κ3) is 3.06. The van der Waals surface area contributed by atoms with Gasteiger partial charge >= 0.3 is 0 Å². The molecule has 0 aromatic heterocycles. The molecule has 0 amide bonds. The minimum atomic E-state index is 0.0365. The highest BCUT2D eigenvalue weighted by molar-refractivity contribution is 9.13. The highest BCUT2D eigenvalue weighted by Crippen LogP contribution is 2.26. The molecule has 1 atom stereocenters. The van der Waals surface area contributed by atoms with Crippen LogP contribution in [-0.2, 0) is 0 Å². The lowest BCUT2D eigenvalue weighted by Gasteiger charge is -2.11. The Labute approximate surface area is 94.9 Å². The maximum absolute atomic E-state index is 5.91. The van der Waals surface area contributed by atoms with Crippen molar-refractivity contribution in [2.24, 2.45) is 11.5 Å². The maximum Gasteiger partial charge on any atom is 0.0320 e. The Morgan fingerprint density at radius 3 is 2.46 bits per heavy atom. The van der Waals surface area contributed by atoms with E-state index in [4.69, 9.17) is 11.5 Å². The number of hydrogen-bond donors (Lipinski definition) is 2. The van der Waals surface area contributed by atoms with Gasteiger partial charge in [0.05, 0.1) is 0 Å². The lowest BCUT2D eigenvalue weighted by atomic mass is 10.1. The maximum atomic E-state index is 5.91. The van der Waals surface area contributed by atoms with Crippen molar-refractivity contribution in [3.05, 3.63) is 32.7 Å². The zero-order chi connectivity index (χ0) is 9.84. The second-order valence-electron chi connectivity index (χ2n) is 2.86. The third-order valence-electron chi connectivity index (χ3n) is 1.85. The van der Waals surface area contributed by atoms with E-state index in [-0.39, 0.29) is 6.04 Å². The Morgan fingerprint density at radius 1 is 1.23 bits per heavy atom. The van der Waals surface area contributed by atoms with Crippen LogP contribution in [0.4, 0.5) is 0 Å². The lowest BCUT2D eigenvalue weighted by Crippen LogP contribution is -2.15. The predicted molar refractivity (Wildman–Crippen MR) is 62.4 cm³/mol. The highest BCUT2D eigenvalue weighted by atomic mass is 79.9. The molecule has 4 heteroatoms. The van der Waals surface area contributed by atoms with Gasteiger partial charge < -0.3 is 11.5 Å². The Bertz CT molecular complexity index is 289. The van der Waals surface area contributed by atoms with E-state index in [0.29, 0.717) is 6.54 Å². The first-order valence-corrected chi connectivity index (χ1v) is 5.64. The van der Waals surface area contributed by atoms with Crippen LogP contribution in [0.3, 0.4) is 0 Å². The van der Waals surface area contributed by atoms with Gasteiger partial charge in [-0.3, -0.25) is 0 Å². The fourth-order valence-corrected chi connectivity index (χ4v) is 1.73. The molecule has 0 fully saturated rings. The number of hydrogen-bond acceptors (Lipinski definition) is 2. The Balaban J connectivity index is 2.84. The highest BCUT2D eigenvalue weighted by Gasteiger charge is 2.06. The summed E-state index contributed by atoms with van der Waals surface area (Å²) in [5.74, 6) is 0. The fourth-order valence-electron chi connectivity index (χ4n) is 1.09. The first kappa shape index (κ1) is 11.2. The molecule has 1 aromatic carbocycles. The summed E-state index contributed by atoms with van der Waals surface area (Å²) < 4.78 is 2.06. The Hall–Kier alpha value is 0.1000. The van der Waals surface area contributed by atoms with Gasteiger partial charge in [0, 0.05) is 15.0 Å². The summed E-state index contributed by atoms with van der Waals surface area (Å²) in [4.78, 5) is 0. The van der Waals surface area contributed by atoms with Gasteiger partial charge in [0.2, 0.25) is 0 Å². The molecular weight excluding hydrogens is 296 g/mol. The Morgan fingerprint density at radius 2 is 1.92 bits per heavy atom. The van der Waals surface area contributed by atoms with Crippen LogP contribution in [0.1, 0.15) is 18.0 Å². The molecule has 13 heavy (non-hydrogen) atoms. The van der Waals surface area contributed by atoms with Crippen molar-refractivity contribution < 1.29 is 0 Å². The van der Waals surface area contributed by atoms with E-state index in [1.165, 1.54) is 0 Å².